The minimum Gasteiger partial charge on any atom is -0.330 e. The van der Waals surface area contributed by atoms with Crippen molar-refractivity contribution in [2.24, 2.45) is 0 Å². The van der Waals surface area contributed by atoms with Gasteiger partial charge < -0.3 is 10.2 Å². The zero-order valence-corrected chi connectivity index (χ0v) is 14.2. The van der Waals surface area contributed by atoms with Crippen molar-refractivity contribution in [1.82, 2.24) is 19.9 Å². The molecule has 0 bridgehead atoms. The molecule has 2 aromatic heterocycles. The molecule has 6 heteroatoms. The molecule has 3 heterocycles. The number of amides is 1. The highest BCUT2D eigenvalue weighted by molar-refractivity contribution is 5.93. The molecule has 1 aliphatic heterocycles. The van der Waals surface area contributed by atoms with Gasteiger partial charge in [-0.2, -0.15) is 0 Å². The van der Waals surface area contributed by atoms with Crippen LogP contribution in [0.2, 0.25) is 0 Å². The number of carbonyl (C=O) groups is 1. The van der Waals surface area contributed by atoms with Crippen LogP contribution in [-0.4, -0.2) is 32.3 Å². The zero-order valence-electron chi connectivity index (χ0n) is 14.2. The second kappa shape index (κ2) is 6.39. The fourth-order valence-corrected chi connectivity index (χ4v) is 2.75. The maximum Gasteiger partial charge on any atom is 0.249 e. The van der Waals surface area contributed by atoms with Crippen LogP contribution in [0.4, 0.5) is 11.6 Å². The SMILES string of the molecule is C=C(C)C(=O)N1CCC1c1cc(Nc2ncccc2C)nc(C)n1. The molecular formula is C18H21N5O. The van der Waals surface area contributed by atoms with Gasteiger partial charge in [0.2, 0.25) is 5.91 Å². The Morgan fingerprint density at radius 2 is 2.17 bits per heavy atom. The van der Waals surface area contributed by atoms with Crippen LogP contribution in [0, 0.1) is 13.8 Å². The number of nitrogens with zero attached hydrogens (tertiary/aromatic N) is 4. The van der Waals surface area contributed by atoms with Crippen molar-refractivity contribution in [2.75, 3.05) is 11.9 Å². The maximum absolute atomic E-state index is 12.2. The first-order valence-corrected chi connectivity index (χ1v) is 7.96. The molecule has 0 aliphatic carbocycles. The van der Waals surface area contributed by atoms with E-state index in [1.54, 1.807) is 18.0 Å². The molecule has 1 aliphatic rings. The van der Waals surface area contributed by atoms with E-state index in [0.717, 1.165) is 30.0 Å². The lowest BCUT2D eigenvalue weighted by molar-refractivity contribution is -0.134. The third-order valence-electron chi connectivity index (χ3n) is 4.10. The van der Waals surface area contributed by atoms with Crippen LogP contribution in [0.25, 0.3) is 0 Å². The van der Waals surface area contributed by atoms with Crippen LogP contribution in [0.1, 0.15) is 36.5 Å². The molecule has 0 aromatic carbocycles. The van der Waals surface area contributed by atoms with E-state index >= 15 is 0 Å². The van der Waals surface area contributed by atoms with Gasteiger partial charge in [0.25, 0.3) is 0 Å². The predicted octanol–water partition coefficient (Wildman–Crippen LogP) is 3.08. The van der Waals surface area contributed by atoms with E-state index in [0.29, 0.717) is 17.2 Å². The van der Waals surface area contributed by atoms with Gasteiger partial charge in [-0.05, 0) is 38.8 Å². The fourth-order valence-electron chi connectivity index (χ4n) is 2.75. The minimum absolute atomic E-state index is 0.0127. The highest BCUT2D eigenvalue weighted by Crippen LogP contribution is 2.34. The molecule has 1 atom stereocenters. The fraction of sp³-hybridized carbons (Fsp3) is 0.333. The molecule has 6 nitrogen and oxygen atoms in total. The van der Waals surface area contributed by atoms with Gasteiger partial charge >= 0.3 is 0 Å². The Kier molecular flexibility index (Phi) is 4.29. The molecule has 1 saturated heterocycles. The van der Waals surface area contributed by atoms with E-state index in [1.165, 1.54) is 0 Å². The molecule has 0 radical (unpaired) electrons. The first-order valence-electron chi connectivity index (χ1n) is 7.96. The Morgan fingerprint density at radius 1 is 1.38 bits per heavy atom. The van der Waals surface area contributed by atoms with E-state index in [9.17, 15) is 4.79 Å². The molecule has 24 heavy (non-hydrogen) atoms. The van der Waals surface area contributed by atoms with Gasteiger partial charge in [0.05, 0.1) is 11.7 Å². The summed E-state index contributed by atoms with van der Waals surface area (Å²) < 4.78 is 0. The van der Waals surface area contributed by atoms with Crippen LogP contribution in [0.5, 0.6) is 0 Å². The Balaban J connectivity index is 1.86. The molecule has 1 unspecified atom stereocenters. The average molecular weight is 323 g/mol. The first-order chi connectivity index (χ1) is 11.5. The van der Waals surface area contributed by atoms with Gasteiger partial charge in [0, 0.05) is 24.4 Å². The van der Waals surface area contributed by atoms with Crippen LogP contribution in [-0.2, 0) is 4.79 Å². The van der Waals surface area contributed by atoms with Gasteiger partial charge in [-0.3, -0.25) is 4.79 Å². The summed E-state index contributed by atoms with van der Waals surface area (Å²) in [6.07, 6.45) is 2.64. The number of aryl methyl sites for hydroxylation is 2. The van der Waals surface area contributed by atoms with Gasteiger partial charge in [0.1, 0.15) is 17.5 Å². The number of rotatable bonds is 4. The Labute approximate surface area is 141 Å². The number of pyridine rings is 1. The van der Waals surface area contributed by atoms with Gasteiger partial charge in [-0.25, -0.2) is 15.0 Å². The van der Waals surface area contributed by atoms with E-state index in [1.807, 2.05) is 32.0 Å². The van der Waals surface area contributed by atoms with Crippen LogP contribution in [0.3, 0.4) is 0 Å². The smallest absolute Gasteiger partial charge is 0.249 e. The third kappa shape index (κ3) is 3.13. The lowest BCUT2D eigenvalue weighted by Crippen LogP contribution is -2.45. The molecule has 0 spiro atoms. The van der Waals surface area contributed by atoms with Crippen molar-refractivity contribution in [3.8, 4) is 0 Å². The highest BCUT2D eigenvalue weighted by atomic mass is 16.2. The molecule has 1 amide bonds. The van der Waals surface area contributed by atoms with Gasteiger partial charge in [-0.1, -0.05) is 12.6 Å². The van der Waals surface area contributed by atoms with Crippen LogP contribution < -0.4 is 5.32 Å². The summed E-state index contributed by atoms with van der Waals surface area (Å²) in [5, 5.41) is 3.24. The summed E-state index contributed by atoms with van der Waals surface area (Å²) >= 11 is 0. The Hall–Kier alpha value is -2.76. The molecular weight excluding hydrogens is 302 g/mol. The molecule has 0 saturated carbocycles. The molecule has 1 N–H and O–H groups in total. The summed E-state index contributed by atoms with van der Waals surface area (Å²) in [5.74, 6) is 2.11. The second-order valence-electron chi connectivity index (χ2n) is 6.10. The number of aromatic nitrogens is 3. The summed E-state index contributed by atoms with van der Waals surface area (Å²) in [6, 6.07) is 5.76. The van der Waals surface area contributed by atoms with Crippen molar-refractivity contribution < 1.29 is 4.79 Å². The number of nitrogens with one attached hydrogen (secondary N) is 1. The van der Waals surface area contributed by atoms with Gasteiger partial charge in [0.15, 0.2) is 0 Å². The predicted molar refractivity (Wildman–Crippen MR) is 92.9 cm³/mol. The summed E-state index contributed by atoms with van der Waals surface area (Å²) in [5.41, 5.74) is 2.44. The van der Waals surface area contributed by atoms with E-state index in [-0.39, 0.29) is 11.9 Å². The standard InChI is InChI=1S/C18H21N5O/c1-11(2)18(24)23-9-7-15(23)14-10-16(21-13(4)20-14)22-17-12(3)6-5-8-19-17/h5-6,8,10,15H,1,7,9H2,2-4H3,(H,19,20,21,22). The summed E-state index contributed by atoms with van der Waals surface area (Å²) in [4.78, 5) is 27.3. The largest absolute Gasteiger partial charge is 0.330 e. The quantitative estimate of drug-likeness (QED) is 0.876. The zero-order chi connectivity index (χ0) is 17.3. The highest BCUT2D eigenvalue weighted by Gasteiger charge is 2.34. The minimum atomic E-state index is -0.0161. The van der Waals surface area contributed by atoms with E-state index in [4.69, 9.17) is 0 Å². The summed E-state index contributed by atoms with van der Waals surface area (Å²) in [7, 11) is 0. The van der Waals surface area contributed by atoms with E-state index in [2.05, 4.69) is 26.8 Å². The number of hydrogen-bond donors (Lipinski definition) is 1. The normalized spacial score (nSPS) is 16.5. The molecule has 3 rings (SSSR count). The van der Waals surface area contributed by atoms with Crippen molar-refractivity contribution in [3.63, 3.8) is 0 Å². The second-order valence-corrected chi connectivity index (χ2v) is 6.10. The van der Waals surface area contributed by atoms with E-state index < -0.39 is 0 Å². The number of anilines is 2. The average Bonchev–Trinajstić information content (AvgIpc) is 2.48. The third-order valence-corrected chi connectivity index (χ3v) is 4.10. The molecule has 1 fully saturated rings. The Bertz CT molecular complexity index is 802. The number of hydrogen-bond acceptors (Lipinski definition) is 5. The monoisotopic (exact) mass is 323 g/mol. The molecule has 124 valence electrons. The van der Waals surface area contributed by atoms with Gasteiger partial charge in [-0.15, -0.1) is 0 Å². The lowest BCUT2D eigenvalue weighted by Gasteiger charge is -2.40. The number of carbonyl (C=O) groups excluding carboxylic acids is 1. The summed E-state index contributed by atoms with van der Waals surface area (Å²) in [6.45, 7) is 10.1. The van der Waals surface area contributed by atoms with Crippen molar-refractivity contribution in [3.05, 3.63) is 53.6 Å². The van der Waals surface area contributed by atoms with Crippen LogP contribution in [0.15, 0.2) is 36.5 Å². The number of likely N-dealkylation sites (tertiary alicyclic amines) is 1. The van der Waals surface area contributed by atoms with Crippen molar-refractivity contribution in [1.29, 1.82) is 0 Å². The lowest BCUT2D eigenvalue weighted by atomic mass is 9.98. The maximum atomic E-state index is 12.2. The van der Waals surface area contributed by atoms with Crippen molar-refractivity contribution in [2.45, 2.75) is 33.2 Å². The topological polar surface area (TPSA) is 71.0 Å². The van der Waals surface area contributed by atoms with Crippen LogP contribution >= 0.6 is 0 Å². The van der Waals surface area contributed by atoms with Crippen molar-refractivity contribution >= 4 is 17.5 Å². The first kappa shape index (κ1) is 16.1. The molecule has 2 aromatic rings. The Morgan fingerprint density at radius 3 is 2.79 bits per heavy atom.